The van der Waals surface area contributed by atoms with Gasteiger partial charge in [-0.1, -0.05) is 0 Å². The lowest BCUT2D eigenvalue weighted by atomic mass is 9.88. The fourth-order valence-corrected chi connectivity index (χ4v) is 2.94. The van der Waals surface area contributed by atoms with E-state index in [1.54, 1.807) is 0 Å². The first-order chi connectivity index (χ1) is 6.04. The van der Waals surface area contributed by atoms with E-state index in [-0.39, 0.29) is 6.04 Å². The van der Waals surface area contributed by atoms with Crippen molar-refractivity contribution in [1.29, 1.82) is 0 Å². The number of fused-ring (bicyclic) bond motifs is 1. The molecule has 0 aromatic rings. The summed E-state index contributed by atoms with van der Waals surface area (Å²) in [5.74, 6) is 0.516. The maximum atomic E-state index is 8.84. The van der Waals surface area contributed by atoms with Crippen molar-refractivity contribution in [1.82, 2.24) is 0 Å². The zero-order chi connectivity index (χ0) is 9.47. The lowest BCUT2D eigenvalue weighted by Crippen LogP contribution is -2.35. The fraction of sp³-hybridized carbons (Fsp3) is 1.00. The molecule has 0 bridgehead atoms. The smallest absolute Gasteiger partial charge is 0.390 e. The summed E-state index contributed by atoms with van der Waals surface area (Å²) in [4.78, 5) is 26.5. The van der Waals surface area contributed by atoms with E-state index in [2.05, 4.69) is 0 Å². The van der Waals surface area contributed by atoms with Crippen LogP contribution in [0.5, 0.6) is 0 Å². The van der Waals surface area contributed by atoms with Crippen LogP contribution in [0.3, 0.4) is 0 Å². The van der Waals surface area contributed by atoms with Gasteiger partial charge in [0.05, 0.1) is 12.2 Å². The van der Waals surface area contributed by atoms with Gasteiger partial charge in [-0.25, -0.2) is 0 Å². The van der Waals surface area contributed by atoms with Crippen LogP contribution in [0.1, 0.15) is 25.7 Å². The Morgan fingerprint density at radius 3 is 2.54 bits per heavy atom. The summed E-state index contributed by atoms with van der Waals surface area (Å²) in [7, 11) is -3.79. The second-order valence-electron chi connectivity index (χ2n) is 4.21. The maximum Gasteiger partial charge on any atom is 0.492 e. The Balaban J connectivity index is 1.70. The van der Waals surface area contributed by atoms with E-state index in [4.69, 9.17) is 19.1 Å². The first kappa shape index (κ1) is 9.61. The van der Waals surface area contributed by atoms with Crippen LogP contribution in [0, 0.1) is 5.92 Å². The van der Waals surface area contributed by atoms with Crippen LogP contribution in [0.15, 0.2) is 0 Å². The molecule has 1 heterocycles. The van der Waals surface area contributed by atoms with E-state index in [0.29, 0.717) is 18.1 Å². The fourth-order valence-electron chi connectivity index (χ4n) is 2.15. The summed E-state index contributed by atoms with van der Waals surface area (Å²) in [6.07, 6.45) is 4.90. The van der Waals surface area contributed by atoms with Crippen molar-refractivity contribution in [2.75, 3.05) is 0 Å². The summed E-state index contributed by atoms with van der Waals surface area (Å²) in [6.45, 7) is 0. The molecule has 2 rings (SSSR count). The van der Waals surface area contributed by atoms with Crippen LogP contribution in [0.25, 0.3) is 0 Å². The molecule has 13 heavy (non-hydrogen) atoms. The predicted octanol–water partition coefficient (Wildman–Crippen LogP) is -0.140. The molecule has 0 aromatic carbocycles. The van der Waals surface area contributed by atoms with Gasteiger partial charge in [0.15, 0.2) is 0 Å². The largest absolute Gasteiger partial charge is 0.492 e. The molecule has 0 aromatic heterocycles. The van der Waals surface area contributed by atoms with Gasteiger partial charge in [0.25, 0.3) is 0 Å². The second kappa shape index (κ2) is 3.32. The molecule has 0 spiro atoms. The van der Waals surface area contributed by atoms with Gasteiger partial charge in [-0.05, 0) is 31.6 Å². The van der Waals surface area contributed by atoms with Crippen molar-refractivity contribution in [2.24, 2.45) is 5.92 Å². The van der Waals surface area contributed by atoms with Gasteiger partial charge < -0.3 is 19.1 Å². The first-order valence-electron chi connectivity index (χ1n) is 4.87. The molecule has 0 amide bonds. The van der Waals surface area contributed by atoms with Gasteiger partial charge >= 0.3 is 8.80 Å². The third-order valence-electron chi connectivity index (χ3n) is 3.00. The lowest BCUT2D eigenvalue weighted by molar-refractivity contribution is 0.219. The minimum Gasteiger partial charge on any atom is -0.390 e. The molecular formula is C8H16O4Si. The Kier molecular flexibility index (Phi) is 2.46. The molecule has 3 N–H and O–H groups in total. The molecule has 1 aliphatic carbocycles. The van der Waals surface area contributed by atoms with Gasteiger partial charge in [-0.15, -0.1) is 0 Å². The van der Waals surface area contributed by atoms with Crippen LogP contribution in [-0.4, -0.2) is 35.4 Å². The van der Waals surface area contributed by atoms with Gasteiger partial charge in [0.2, 0.25) is 0 Å². The number of hydrogen-bond donors (Lipinski definition) is 3. The van der Waals surface area contributed by atoms with E-state index in [1.165, 1.54) is 0 Å². The van der Waals surface area contributed by atoms with E-state index >= 15 is 0 Å². The lowest BCUT2D eigenvalue weighted by Gasteiger charge is -2.19. The summed E-state index contributed by atoms with van der Waals surface area (Å²) in [5.41, 5.74) is 0. The normalized spacial score (nSPS) is 38.5. The standard InChI is InChI=1S/C8H16O4Si/c9-13(10,11)4-3-6-1-2-7-8(5-6)12-7/h6-11H,1-5H2. The minimum absolute atomic E-state index is 0.176. The molecule has 1 aliphatic heterocycles. The molecular weight excluding hydrogens is 188 g/mol. The third-order valence-corrected chi connectivity index (χ3v) is 3.96. The summed E-state index contributed by atoms with van der Waals surface area (Å²) in [6, 6.07) is 0.176. The molecule has 5 heteroatoms. The van der Waals surface area contributed by atoms with E-state index in [1.807, 2.05) is 0 Å². The van der Waals surface area contributed by atoms with Crippen LogP contribution in [0.2, 0.25) is 6.04 Å². The molecule has 4 nitrogen and oxygen atoms in total. The van der Waals surface area contributed by atoms with E-state index < -0.39 is 8.80 Å². The van der Waals surface area contributed by atoms with Crippen molar-refractivity contribution in [2.45, 2.75) is 43.9 Å². The monoisotopic (exact) mass is 204 g/mol. The van der Waals surface area contributed by atoms with E-state index in [9.17, 15) is 0 Å². The SMILES string of the molecule is O[Si](O)(O)CCC1CCC2OC2C1. The van der Waals surface area contributed by atoms with Crippen molar-refractivity contribution < 1.29 is 19.1 Å². The minimum atomic E-state index is -3.79. The molecule has 76 valence electrons. The number of hydrogen-bond acceptors (Lipinski definition) is 4. The highest BCUT2D eigenvalue weighted by atomic mass is 28.4. The first-order valence-corrected chi connectivity index (χ1v) is 6.92. The highest BCUT2D eigenvalue weighted by Gasteiger charge is 2.44. The Morgan fingerprint density at radius 2 is 1.92 bits per heavy atom. The average Bonchev–Trinajstić information content (AvgIpc) is 2.76. The molecule has 2 aliphatic rings. The van der Waals surface area contributed by atoms with Gasteiger partial charge in [-0.3, -0.25) is 0 Å². The summed E-state index contributed by atoms with van der Waals surface area (Å²) in [5, 5.41) is 0. The average molecular weight is 204 g/mol. The van der Waals surface area contributed by atoms with Crippen molar-refractivity contribution in [3.63, 3.8) is 0 Å². The number of rotatable bonds is 3. The third kappa shape index (κ3) is 2.75. The zero-order valence-electron chi connectivity index (χ0n) is 7.52. The zero-order valence-corrected chi connectivity index (χ0v) is 8.52. The molecule has 3 atom stereocenters. The van der Waals surface area contributed by atoms with Gasteiger partial charge in [0.1, 0.15) is 0 Å². The Hall–Kier alpha value is 0.0569. The highest BCUT2D eigenvalue weighted by molar-refractivity contribution is 6.56. The van der Waals surface area contributed by atoms with Crippen LogP contribution >= 0.6 is 0 Å². The molecule has 1 saturated carbocycles. The van der Waals surface area contributed by atoms with Gasteiger partial charge in [0, 0.05) is 6.04 Å². The molecule has 0 radical (unpaired) electrons. The van der Waals surface area contributed by atoms with Crippen LogP contribution in [-0.2, 0) is 4.74 Å². The van der Waals surface area contributed by atoms with Crippen molar-refractivity contribution in [3.8, 4) is 0 Å². The number of epoxide rings is 1. The maximum absolute atomic E-state index is 8.84. The Morgan fingerprint density at radius 1 is 1.15 bits per heavy atom. The Labute approximate surface area is 78.5 Å². The van der Waals surface area contributed by atoms with Crippen LogP contribution in [0.4, 0.5) is 0 Å². The topological polar surface area (TPSA) is 73.2 Å². The van der Waals surface area contributed by atoms with Gasteiger partial charge in [-0.2, -0.15) is 0 Å². The number of ether oxygens (including phenoxy) is 1. The highest BCUT2D eigenvalue weighted by Crippen LogP contribution is 2.41. The second-order valence-corrected chi connectivity index (χ2v) is 6.25. The van der Waals surface area contributed by atoms with E-state index in [0.717, 1.165) is 25.7 Å². The Bertz CT molecular complexity index is 191. The van der Waals surface area contributed by atoms with Crippen molar-refractivity contribution >= 4 is 8.80 Å². The van der Waals surface area contributed by atoms with Crippen LogP contribution < -0.4 is 0 Å². The summed E-state index contributed by atoms with van der Waals surface area (Å²) < 4.78 is 5.36. The molecule has 2 fully saturated rings. The quantitative estimate of drug-likeness (QED) is 0.442. The van der Waals surface area contributed by atoms with Crippen molar-refractivity contribution in [3.05, 3.63) is 0 Å². The predicted molar refractivity (Wildman–Crippen MR) is 47.8 cm³/mol. The summed E-state index contributed by atoms with van der Waals surface area (Å²) >= 11 is 0. The molecule has 1 saturated heterocycles. The molecule has 3 unspecified atom stereocenters.